The first-order valence-corrected chi connectivity index (χ1v) is 12.4. The monoisotopic (exact) mass is 490 g/mol. The van der Waals surface area contributed by atoms with Crippen molar-refractivity contribution < 1.29 is 22.7 Å². The molecule has 7 nitrogen and oxygen atoms in total. The summed E-state index contributed by atoms with van der Waals surface area (Å²) in [4.78, 5) is 13.0. The lowest BCUT2D eigenvalue weighted by molar-refractivity contribution is -0.119. The molecule has 0 aliphatic rings. The van der Waals surface area contributed by atoms with E-state index in [1.165, 1.54) is 26.4 Å². The van der Waals surface area contributed by atoms with E-state index in [1.807, 2.05) is 42.5 Å². The fraction of sp³-hybridized carbons (Fsp3) is 0.148. The van der Waals surface area contributed by atoms with E-state index >= 15 is 0 Å². The fourth-order valence-corrected chi connectivity index (χ4v) is 5.18. The Hall–Kier alpha value is -4.04. The van der Waals surface area contributed by atoms with Crippen LogP contribution in [0, 0.1) is 0 Å². The number of nitrogens with zero attached hydrogens (tertiary/aromatic N) is 1. The van der Waals surface area contributed by atoms with Crippen LogP contribution in [0.2, 0.25) is 0 Å². The summed E-state index contributed by atoms with van der Waals surface area (Å²) in [6, 6.07) is 26.6. The lowest BCUT2D eigenvalue weighted by Crippen LogP contribution is -2.40. The van der Waals surface area contributed by atoms with E-state index in [0.717, 1.165) is 20.6 Å². The maximum absolute atomic E-state index is 13.6. The van der Waals surface area contributed by atoms with Gasteiger partial charge in [0, 0.05) is 6.54 Å². The van der Waals surface area contributed by atoms with Gasteiger partial charge in [0.1, 0.15) is 18.0 Å². The zero-order valence-electron chi connectivity index (χ0n) is 19.5. The summed E-state index contributed by atoms with van der Waals surface area (Å²) in [5.41, 5.74) is 1.19. The molecule has 180 valence electrons. The number of amides is 1. The molecule has 0 bridgehead atoms. The number of hydrogen-bond donors (Lipinski definition) is 1. The first kappa shape index (κ1) is 24.1. The summed E-state index contributed by atoms with van der Waals surface area (Å²) >= 11 is 0. The van der Waals surface area contributed by atoms with Crippen molar-refractivity contribution in [1.29, 1.82) is 0 Å². The van der Waals surface area contributed by atoms with Crippen LogP contribution in [-0.4, -0.2) is 35.1 Å². The highest BCUT2D eigenvalue weighted by Gasteiger charge is 2.29. The number of fused-ring (bicyclic) bond motifs is 1. The van der Waals surface area contributed by atoms with Crippen LogP contribution in [0.5, 0.6) is 11.5 Å². The Labute approximate surface area is 205 Å². The summed E-state index contributed by atoms with van der Waals surface area (Å²) in [5, 5.41) is 5.01. The summed E-state index contributed by atoms with van der Waals surface area (Å²) in [7, 11) is -1.12. The van der Waals surface area contributed by atoms with Crippen molar-refractivity contribution in [3.05, 3.63) is 96.6 Å². The first-order valence-electron chi connectivity index (χ1n) is 11.0. The SMILES string of the molecule is COc1ccc(S(=O)(=O)N(CC(=O)NCc2ccc3ccccc3c2)c2ccccc2OC)cc1. The molecule has 8 heteroatoms. The molecule has 0 aromatic heterocycles. The lowest BCUT2D eigenvalue weighted by atomic mass is 10.1. The van der Waals surface area contributed by atoms with Gasteiger partial charge in [0.2, 0.25) is 5.91 Å². The molecule has 1 N–H and O–H groups in total. The molecule has 0 aliphatic heterocycles. The number of nitrogens with one attached hydrogen (secondary N) is 1. The lowest BCUT2D eigenvalue weighted by Gasteiger charge is -2.25. The molecule has 0 fully saturated rings. The number of hydrogen-bond acceptors (Lipinski definition) is 5. The quantitative estimate of drug-likeness (QED) is 0.377. The van der Waals surface area contributed by atoms with Crippen LogP contribution in [0.25, 0.3) is 10.8 Å². The van der Waals surface area contributed by atoms with Crippen molar-refractivity contribution in [3.63, 3.8) is 0 Å². The molecular weight excluding hydrogens is 464 g/mol. The number of anilines is 1. The number of carbonyl (C=O) groups excluding carboxylic acids is 1. The predicted molar refractivity (Wildman–Crippen MR) is 136 cm³/mol. The first-order chi connectivity index (χ1) is 16.9. The maximum atomic E-state index is 13.6. The van der Waals surface area contributed by atoms with Crippen LogP contribution < -0.4 is 19.1 Å². The molecule has 0 unspecified atom stereocenters. The largest absolute Gasteiger partial charge is 0.497 e. The minimum atomic E-state index is -4.08. The number of carbonyl (C=O) groups is 1. The van der Waals surface area contributed by atoms with Crippen LogP contribution in [0.1, 0.15) is 5.56 Å². The highest BCUT2D eigenvalue weighted by molar-refractivity contribution is 7.92. The third-order valence-electron chi connectivity index (χ3n) is 5.59. The molecule has 4 aromatic carbocycles. The minimum Gasteiger partial charge on any atom is -0.497 e. The van der Waals surface area contributed by atoms with Crippen molar-refractivity contribution in [3.8, 4) is 11.5 Å². The second kappa shape index (κ2) is 10.5. The van der Waals surface area contributed by atoms with Gasteiger partial charge in [-0.15, -0.1) is 0 Å². The van der Waals surface area contributed by atoms with Crippen molar-refractivity contribution in [2.24, 2.45) is 0 Å². The van der Waals surface area contributed by atoms with Crippen molar-refractivity contribution in [1.82, 2.24) is 5.32 Å². The third-order valence-corrected chi connectivity index (χ3v) is 7.37. The smallest absolute Gasteiger partial charge is 0.264 e. The zero-order valence-corrected chi connectivity index (χ0v) is 20.3. The van der Waals surface area contributed by atoms with Gasteiger partial charge in [-0.1, -0.05) is 48.5 Å². The Balaban J connectivity index is 1.59. The third kappa shape index (κ3) is 5.38. The average Bonchev–Trinajstić information content (AvgIpc) is 2.90. The van der Waals surface area contributed by atoms with Gasteiger partial charge in [-0.2, -0.15) is 0 Å². The Kier molecular flexibility index (Phi) is 7.22. The topological polar surface area (TPSA) is 84.9 Å². The van der Waals surface area contributed by atoms with Gasteiger partial charge in [-0.3, -0.25) is 9.10 Å². The van der Waals surface area contributed by atoms with Crippen LogP contribution in [0.4, 0.5) is 5.69 Å². The molecule has 4 rings (SSSR count). The minimum absolute atomic E-state index is 0.0338. The highest BCUT2D eigenvalue weighted by atomic mass is 32.2. The molecule has 0 radical (unpaired) electrons. The van der Waals surface area contributed by atoms with Gasteiger partial charge < -0.3 is 14.8 Å². The molecule has 0 atom stereocenters. The standard InChI is InChI=1S/C27H26N2O5S/c1-33-23-13-15-24(16-14-23)35(31,32)29(25-9-5-6-10-26(25)34-2)19-27(30)28-18-20-11-12-21-7-3-4-8-22(21)17-20/h3-17H,18-19H2,1-2H3,(H,28,30). The summed E-state index contributed by atoms with van der Waals surface area (Å²) in [6.45, 7) is -0.145. The number of para-hydroxylation sites is 2. The zero-order chi connectivity index (χ0) is 24.8. The van der Waals surface area contributed by atoms with Gasteiger partial charge >= 0.3 is 0 Å². The Morgan fingerprint density at radius 2 is 1.51 bits per heavy atom. The number of methoxy groups -OCH3 is 2. The fourth-order valence-electron chi connectivity index (χ4n) is 3.75. The van der Waals surface area contributed by atoms with Crippen LogP contribution in [0.3, 0.4) is 0 Å². The van der Waals surface area contributed by atoms with E-state index in [4.69, 9.17) is 9.47 Å². The Morgan fingerprint density at radius 3 is 2.23 bits per heavy atom. The van der Waals surface area contributed by atoms with Crippen LogP contribution >= 0.6 is 0 Å². The van der Waals surface area contributed by atoms with Crippen LogP contribution in [0.15, 0.2) is 95.9 Å². The van der Waals surface area contributed by atoms with E-state index < -0.39 is 22.5 Å². The maximum Gasteiger partial charge on any atom is 0.264 e. The Morgan fingerprint density at radius 1 is 0.829 bits per heavy atom. The molecule has 0 heterocycles. The molecule has 0 spiro atoms. The number of rotatable bonds is 9. The number of benzene rings is 4. The summed E-state index contributed by atoms with van der Waals surface area (Å²) < 4.78 is 38.8. The Bertz CT molecular complexity index is 1440. The van der Waals surface area contributed by atoms with Gasteiger partial charge in [-0.25, -0.2) is 8.42 Å². The molecule has 4 aromatic rings. The van der Waals surface area contributed by atoms with E-state index in [0.29, 0.717) is 11.5 Å². The number of ether oxygens (including phenoxy) is 2. The van der Waals surface area contributed by atoms with Crippen molar-refractivity contribution in [2.45, 2.75) is 11.4 Å². The van der Waals surface area contributed by atoms with Crippen LogP contribution in [-0.2, 0) is 21.4 Å². The van der Waals surface area contributed by atoms with Crippen molar-refractivity contribution >= 4 is 32.4 Å². The van der Waals surface area contributed by atoms with E-state index in [1.54, 1.807) is 36.4 Å². The molecular formula is C27H26N2O5S. The molecule has 35 heavy (non-hydrogen) atoms. The van der Waals surface area contributed by atoms with Gasteiger partial charge in [0.15, 0.2) is 0 Å². The molecule has 1 amide bonds. The van der Waals surface area contributed by atoms with E-state index in [-0.39, 0.29) is 17.1 Å². The van der Waals surface area contributed by atoms with E-state index in [2.05, 4.69) is 5.32 Å². The van der Waals surface area contributed by atoms with Gasteiger partial charge in [-0.05, 0) is 58.8 Å². The van der Waals surface area contributed by atoms with Gasteiger partial charge in [0.25, 0.3) is 10.0 Å². The molecule has 0 aliphatic carbocycles. The summed E-state index contributed by atoms with van der Waals surface area (Å²) in [5.74, 6) is 0.425. The number of sulfonamides is 1. The molecule has 0 saturated carbocycles. The second-order valence-electron chi connectivity index (χ2n) is 7.82. The highest BCUT2D eigenvalue weighted by Crippen LogP contribution is 2.32. The normalized spacial score (nSPS) is 11.1. The van der Waals surface area contributed by atoms with Crippen molar-refractivity contribution in [2.75, 3.05) is 25.1 Å². The molecule has 0 saturated heterocycles. The van der Waals surface area contributed by atoms with Gasteiger partial charge in [0.05, 0.1) is 24.8 Å². The average molecular weight is 491 g/mol. The van der Waals surface area contributed by atoms with E-state index in [9.17, 15) is 13.2 Å². The second-order valence-corrected chi connectivity index (χ2v) is 9.68. The predicted octanol–water partition coefficient (Wildman–Crippen LogP) is 4.37. The summed E-state index contributed by atoms with van der Waals surface area (Å²) in [6.07, 6.45) is 0.